The Bertz CT molecular complexity index is 217. The number of hydrogen-bond acceptors (Lipinski definition) is 3. The number of epoxide rings is 1. The summed E-state index contributed by atoms with van der Waals surface area (Å²) in [5.74, 6) is -0.211. The van der Waals surface area contributed by atoms with Gasteiger partial charge in [-0.1, -0.05) is 25.8 Å². The van der Waals surface area contributed by atoms with Crippen LogP contribution in [0.25, 0.3) is 0 Å². The van der Waals surface area contributed by atoms with Gasteiger partial charge in [0.25, 0.3) is 0 Å². The Hall–Kier alpha value is -0.830. The molecule has 0 saturated carbocycles. The van der Waals surface area contributed by atoms with Crippen molar-refractivity contribution in [2.24, 2.45) is 0 Å². The maximum Gasteiger partial charge on any atom is 0.333 e. The highest BCUT2D eigenvalue weighted by Crippen LogP contribution is 2.10. The molecule has 1 rings (SSSR count). The highest BCUT2D eigenvalue weighted by molar-refractivity contribution is 5.87. The third-order valence-corrected chi connectivity index (χ3v) is 2.13. The summed E-state index contributed by atoms with van der Waals surface area (Å²) in [5.41, 5.74) is 0.708. The van der Waals surface area contributed by atoms with Crippen molar-refractivity contribution in [3.63, 3.8) is 0 Å². The molecule has 0 radical (unpaired) electrons. The summed E-state index contributed by atoms with van der Waals surface area (Å²) >= 11 is 0. The molecule has 3 nitrogen and oxygen atoms in total. The first-order chi connectivity index (χ1) is 6.74. The molecule has 0 spiro atoms. The van der Waals surface area contributed by atoms with Gasteiger partial charge in [-0.05, 0) is 13.3 Å². The van der Waals surface area contributed by atoms with Crippen molar-refractivity contribution in [3.8, 4) is 0 Å². The molecular formula is C11H18O3. The molecule has 0 N–H and O–H groups in total. The number of ether oxygens (including phenoxy) is 2. The summed E-state index contributed by atoms with van der Waals surface area (Å²) in [5, 5.41) is 0. The van der Waals surface area contributed by atoms with Crippen LogP contribution in [0.5, 0.6) is 0 Å². The molecule has 3 heteroatoms. The molecule has 0 aromatic rings. The number of carbonyl (C=O) groups excluding carboxylic acids is 1. The molecule has 80 valence electrons. The van der Waals surface area contributed by atoms with Gasteiger partial charge >= 0.3 is 5.97 Å². The topological polar surface area (TPSA) is 38.8 Å². The summed E-state index contributed by atoms with van der Waals surface area (Å²) in [4.78, 5) is 11.3. The van der Waals surface area contributed by atoms with E-state index in [1.54, 1.807) is 6.92 Å². The molecule has 0 aromatic heterocycles. The van der Waals surface area contributed by atoms with E-state index in [0.29, 0.717) is 12.2 Å². The van der Waals surface area contributed by atoms with Crippen LogP contribution in [0.15, 0.2) is 11.6 Å². The smallest absolute Gasteiger partial charge is 0.333 e. The molecule has 0 amide bonds. The van der Waals surface area contributed by atoms with E-state index < -0.39 is 0 Å². The molecule has 0 aliphatic carbocycles. The van der Waals surface area contributed by atoms with Gasteiger partial charge in [-0.25, -0.2) is 4.79 Å². The minimum Gasteiger partial charge on any atom is -0.459 e. The quantitative estimate of drug-likeness (QED) is 0.284. The minimum atomic E-state index is -0.211. The number of allylic oxidation sites excluding steroid dienone is 1. The third kappa shape index (κ3) is 4.42. The van der Waals surface area contributed by atoms with E-state index in [2.05, 4.69) is 6.92 Å². The maximum absolute atomic E-state index is 11.3. The molecule has 0 bridgehead atoms. The molecule has 1 unspecified atom stereocenters. The standard InChI is InChI=1S/C11H18O3/c1-3-4-5-6-9(2)11(12)14-8-10-7-13-10/h6,10H,3-5,7-8H2,1-2H3/b9-6+. The van der Waals surface area contributed by atoms with Crippen LogP contribution in [-0.2, 0) is 14.3 Å². The van der Waals surface area contributed by atoms with E-state index in [9.17, 15) is 4.79 Å². The Labute approximate surface area is 85.1 Å². The van der Waals surface area contributed by atoms with Gasteiger partial charge in [0.15, 0.2) is 0 Å². The average molecular weight is 198 g/mol. The number of esters is 1. The van der Waals surface area contributed by atoms with Gasteiger partial charge in [0, 0.05) is 5.57 Å². The fourth-order valence-corrected chi connectivity index (χ4v) is 1.05. The fourth-order valence-electron chi connectivity index (χ4n) is 1.05. The number of hydrogen-bond donors (Lipinski definition) is 0. The normalized spacial score (nSPS) is 20.7. The van der Waals surface area contributed by atoms with Gasteiger partial charge < -0.3 is 9.47 Å². The highest BCUT2D eigenvalue weighted by atomic mass is 16.6. The molecule has 1 aliphatic rings. The van der Waals surface area contributed by atoms with Crippen LogP contribution in [-0.4, -0.2) is 25.3 Å². The number of unbranched alkanes of at least 4 members (excludes halogenated alkanes) is 2. The van der Waals surface area contributed by atoms with E-state index in [1.165, 1.54) is 0 Å². The Morgan fingerprint density at radius 1 is 1.64 bits per heavy atom. The first-order valence-corrected chi connectivity index (χ1v) is 5.19. The highest BCUT2D eigenvalue weighted by Gasteiger charge is 2.24. The van der Waals surface area contributed by atoms with Crippen molar-refractivity contribution in [1.29, 1.82) is 0 Å². The predicted octanol–water partition coefficient (Wildman–Crippen LogP) is 2.06. The summed E-state index contributed by atoms with van der Waals surface area (Å²) in [6.45, 7) is 5.06. The van der Waals surface area contributed by atoms with E-state index in [-0.39, 0.29) is 12.1 Å². The van der Waals surface area contributed by atoms with Crippen LogP contribution in [0.3, 0.4) is 0 Å². The van der Waals surface area contributed by atoms with Crippen molar-refractivity contribution in [1.82, 2.24) is 0 Å². The zero-order chi connectivity index (χ0) is 10.4. The lowest BCUT2D eigenvalue weighted by Gasteiger charge is -2.02. The summed E-state index contributed by atoms with van der Waals surface area (Å²) < 4.78 is 9.97. The van der Waals surface area contributed by atoms with Crippen molar-refractivity contribution in [2.45, 2.75) is 39.2 Å². The van der Waals surface area contributed by atoms with Crippen molar-refractivity contribution in [2.75, 3.05) is 13.2 Å². The first kappa shape index (κ1) is 11.2. The lowest BCUT2D eigenvalue weighted by Crippen LogP contribution is -2.10. The van der Waals surface area contributed by atoms with E-state index >= 15 is 0 Å². The second-order valence-electron chi connectivity index (χ2n) is 3.58. The largest absolute Gasteiger partial charge is 0.459 e. The van der Waals surface area contributed by atoms with Gasteiger partial charge in [0.2, 0.25) is 0 Å². The Morgan fingerprint density at radius 2 is 2.36 bits per heavy atom. The Balaban J connectivity index is 2.16. The van der Waals surface area contributed by atoms with Gasteiger partial charge in [-0.15, -0.1) is 0 Å². The summed E-state index contributed by atoms with van der Waals surface area (Å²) in [6, 6.07) is 0. The lowest BCUT2D eigenvalue weighted by molar-refractivity contribution is -0.139. The van der Waals surface area contributed by atoms with Crippen LogP contribution in [0.1, 0.15) is 33.1 Å². The SMILES string of the molecule is CCCC/C=C(\C)C(=O)OCC1CO1. The molecular weight excluding hydrogens is 180 g/mol. The van der Waals surface area contributed by atoms with Crippen LogP contribution >= 0.6 is 0 Å². The maximum atomic E-state index is 11.3. The van der Waals surface area contributed by atoms with Crippen LogP contribution < -0.4 is 0 Å². The van der Waals surface area contributed by atoms with Crippen LogP contribution in [0.4, 0.5) is 0 Å². The average Bonchev–Trinajstić information content (AvgIpc) is 2.98. The second kappa shape index (κ2) is 5.81. The van der Waals surface area contributed by atoms with Crippen molar-refractivity contribution >= 4 is 5.97 Å². The molecule has 1 aliphatic heterocycles. The molecule has 1 saturated heterocycles. The van der Waals surface area contributed by atoms with Gasteiger partial charge in [0.05, 0.1) is 6.61 Å². The van der Waals surface area contributed by atoms with Gasteiger partial charge in [0.1, 0.15) is 12.7 Å². The third-order valence-electron chi connectivity index (χ3n) is 2.13. The zero-order valence-corrected chi connectivity index (χ0v) is 8.91. The van der Waals surface area contributed by atoms with Crippen LogP contribution in [0, 0.1) is 0 Å². The van der Waals surface area contributed by atoms with E-state index in [0.717, 1.165) is 25.9 Å². The minimum absolute atomic E-state index is 0.155. The Kier molecular flexibility index (Phi) is 4.66. The molecule has 1 fully saturated rings. The van der Waals surface area contributed by atoms with Gasteiger partial charge in [-0.2, -0.15) is 0 Å². The van der Waals surface area contributed by atoms with E-state index in [1.807, 2.05) is 6.08 Å². The second-order valence-corrected chi connectivity index (χ2v) is 3.58. The zero-order valence-electron chi connectivity index (χ0n) is 8.91. The molecule has 1 atom stereocenters. The van der Waals surface area contributed by atoms with Crippen LogP contribution in [0.2, 0.25) is 0 Å². The molecule has 14 heavy (non-hydrogen) atoms. The molecule has 0 aromatic carbocycles. The summed E-state index contributed by atoms with van der Waals surface area (Å²) in [6.07, 6.45) is 5.32. The first-order valence-electron chi connectivity index (χ1n) is 5.19. The lowest BCUT2D eigenvalue weighted by atomic mass is 10.2. The molecule has 1 heterocycles. The van der Waals surface area contributed by atoms with Crippen molar-refractivity contribution < 1.29 is 14.3 Å². The predicted molar refractivity (Wildman–Crippen MR) is 54.0 cm³/mol. The summed E-state index contributed by atoms with van der Waals surface area (Å²) in [7, 11) is 0. The number of carbonyl (C=O) groups is 1. The fraction of sp³-hybridized carbons (Fsp3) is 0.727. The monoisotopic (exact) mass is 198 g/mol. The number of rotatable bonds is 6. The van der Waals surface area contributed by atoms with E-state index in [4.69, 9.17) is 9.47 Å². The van der Waals surface area contributed by atoms with Gasteiger partial charge in [-0.3, -0.25) is 0 Å². The Morgan fingerprint density at radius 3 is 2.93 bits per heavy atom. The van der Waals surface area contributed by atoms with Crippen molar-refractivity contribution in [3.05, 3.63) is 11.6 Å².